The van der Waals surface area contributed by atoms with E-state index in [1.54, 1.807) is 0 Å². The number of nitrogen functional groups attached to an aromatic ring is 1. The molecule has 1 aromatic heterocycles. The summed E-state index contributed by atoms with van der Waals surface area (Å²) in [4.78, 5) is 0. The minimum absolute atomic E-state index is 0.104. The molecule has 1 rings (SSSR count). The fourth-order valence-electron chi connectivity index (χ4n) is 0.346. The van der Waals surface area contributed by atoms with Crippen LogP contribution in [0.4, 0.5) is 5.82 Å². The summed E-state index contributed by atoms with van der Waals surface area (Å²) in [5.41, 5.74) is 5.38. The summed E-state index contributed by atoms with van der Waals surface area (Å²) in [6.45, 7) is 0. The van der Waals surface area contributed by atoms with Crippen LogP contribution in [0.25, 0.3) is 0 Å². The van der Waals surface area contributed by atoms with Crippen LogP contribution < -0.4 is 5.73 Å². The highest BCUT2D eigenvalue weighted by molar-refractivity contribution is 5.81. The Labute approximate surface area is 49.9 Å². The van der Waals surface area contributed by atoms with E-state index in [0.717, 1.165) is 6.21 Å². The van der Waals surface area contributed by atoms with Crippen molar-refractivity contribution >= 4 is 12.0 Å². The highest BCUT2D eigenvalue weighted by Gasteiger charge is 2.00. The maximum Gasteiger partial charge on any atom is 0.197 e. The van der Waals surface area contributed by atoms with Gasteiger partial charge in [0.15, 0.2) is 11.5 Å². The van der Waals surface area contributed by atoms with Crippen molar-refractivity contribution in [3.8, 4) is 0 Å². The van der Waals surface area contributed by atoms with Crippen molar-refractivity contribution in [2.75, 3.05) is 5.73 Å². The van der Waals surface area contributed by atoms with E-state index in [1.807, 2.05) is 0 Å². The van der Waals surface area contributed by atoms with Crippen LogP contribution in [0.2, 0.25) is 0 Å². The lowest BCUT2D eigenvalue weighted by atomic mass is 10.5. The number of hydrogen-bond donors (Lipinski definition) is 2. The SMILES string of the molecule is Nc1nonc1C=NO. The highest BCUT2D eigenvalue weighted by atomic mass is 16.6. The smallest absolute Gasteiger partial charge is 0.197 e. The van der Waals surface area contributed by atoms with Gasteiger partial charge in [-0.15, -0.1) is 0 Å². The third-order valence-electron chi connectivity index (χ3n) is 0.721. The molecule has 0 spiro atoms. The molecule has 3 N–H and O–H groups in total. The van der Waals surface area contributed by atoms with Crippen molar-refractivity contribution in [1.29, 1.82) is 0 Å². The van der Waals surface area contributed by atoms with Gasteiger partial charge in [0, 0.05) is 0 Å². The lowest BCUT2D eigenvalue weighted by Gasteiger charge is -1.76. The van der Waals surface area contributed by atoms with Crippen LogP contribution in [0.3, 0.4) is 0 Å². The molecule has 0 radical (unpaired) electrons. The number of nitrogens with zero attached hydrogens (tertiary/aromatic N) is 3. The molecule has 0 atom stereocenters. The molecular weight excluding hydrogens is 124 g/mol. The summed E-state index contributed by atoms with van der Waals surface area (Å²) in [5.74, 6) is 0.104. The molecule has 48 valence electrons. The van der Waals surface area contributed by atoms with Gasteiger partial charge in [-0.05, 0) is 10.3 Å². The summed E-state index contributed by atoms with van der Waals surface area (Å²) in [7, 11) is 0. The third kappa shape index (κ3) is 0.958. The molecule has 0 fully saturated rings. The monoisotopic (exact) mass is 128 g/mol. The molecule has 1 aromatic rings. The van der Waals surface area contributed by atoms with Crippen LogP contribution in [0.1, 0.15) is 5.69 Å². The Morgan fingerprint density at radius 1 is 1.67 bits per heavy atom. The van der Waals surface area contributed by atoms with Gasteiger partial charge in [-0.1, -0.05) is 5.16 Å². The molecule has 0 saturated carbocycles. The van der Waals surface area contributed by atoms with Crippen molar-refractivity contribution in [2.24, 2.45) is 5.16 Å². The Bertz CT molecular complexity index is 217. The number of hydrogen-bond acceptors (Lipinski definition) is 6. The molecule has 0 bridgehead atoms. The van der Waals surface area contributed by atoms with Crippen molar-refractivity contribution < 1.29 is 9.84 Å². The average molecular weight is 128 g/mol. The number of nitrogens with two attached hydrogens (primary N) is 1. The summed E-state index contributed by atoms with van der Waals surface area (Å²) in [6, 6.07) is 0. The molecule has 1 heterocycles. The molecule has 6 heteroatoms. The van der Waals surface area contributed by atoms with Gasteiger partial charge in [-0.2, -0.15) is 0 Å². The normalized spacial score (nSPS) is 10.7. The number of anilines is 1. The fourth-order valence-corrected chi connectivity index (χ4v) is 0.346. The van der Waals surface area contributed by atoms with Crippen LogP contribution >= 0.6 is 0 Å². The van der Waals surface area contributed by atoms with E-state index in [1.165, 1.54) is 0 Å². The Morgan fingerprint density at radius 2 is 2.44 bits per heavy atom. The minimum atomic E-state index is 0.104. The number of oxime groups is 1. The Hall–Kier alpha value is -1.59. The first kappa shape index (κ1) is 5.54. The van der Waals surface area contributed by atoms with Gasteiger partial charge in [-0.3, -0.25) is 0 Å². The second-order valence-electron chi connectivity index (χ2n) is 1.28. The van der Waals surface area contributed by atoms with Crippen molar-refractivity contribution in [3.63, 3.8) is 0 Å². The molecule has 0 aliphatic carbocycles. The molecule has 0 amide bonds. The Kier molecular flexibility index (Phi) is 1.31. The van der Waals surface area contributed by atoms with E-state index in [-0.39, 0.29) is 11.5 Å². The van der Waals surface area contributed by atoms with Crippen LogP contribution in [0.5, 0.6) is 0 Å². The zero-order chi connectivity index (χ0) is 6.69. The molecule has 9 heavy (non-hydrogen) atoms. The standard InChI is InChI=1S/C3H4N4O2/c4-3-2(1-5-8)6-9-7-3/h1,8H,(H2,4,7). The van der Waals surface area contributed by atoms with E-state index in [4.69, 9.17) is 10.9 Å². The van der Waals surface area contributed by atoms with Crippen LogP contribution in [0, 0.1) is 0 Å². The van der Waals surface area contributed by atoms with Crippen molar-refractivity contribution in [1.82, 2.24) is 10.3 Å². The average Bonchev–Trinajstić information content (AvgIpc) is 2.18. The molecule has 0 aliphatic rings. The van der Waals surface area contributed by atoms with Crippen LogP contribution in [-0.2, 0) is 0 Å². The Morgan fingerprint density at radius 3 is 2.89 bits per heavy atom. The Balaban J connectivity index is 2.94. The maximum absolute atomic E-state index is 7.97. The largest absolute Gasteiger partial charge is 0.411 e. The quantitative estimate of drug-likeness (QED) is 0.300. The van der Waals surface area contributed by atoms with E-state index >= 15 is 0 Å². The first-order valence-electron chi connectivity index (χ1n) is 2.10. The highest BCUT2D eigenvalue weighted by Crippen LogP contribution is 1.98. The topological polar surface area (TPSA) is 97.5 Å². The molecule has 0 unspecified atom stereocenters. The molecule has 0 saturated heterocycles. The van der Waals surface area contributed by atoms with Crippen molar-refractivity contribution in [3.05, 3.63) is 5.69 Å². The van der Waals surface area contributed by atoms with Gasteiger partial charge in [0.05, 0.1) is 6.21 Å². The molecule has 6 nitrogen and oxygen atoms in total. The van der Waals surface area contributed by atoms with Crippen LogP contribution in [0.15, 0.2) is 9.78 Å². The second kappa shape index (κ2) is 2.12. The van der Waals surface area contributed by atoms with E-state index in [2.05, 4.69) is 20.1 Å². The van der Waals surface area contributed by atoms with Gasteiger partial charge in [-0.25, -0.2) is 4.63 Å². The van der Waals surface area contributed by atoms with E-state index < -0.39 is 0 Å². The lowest BCUT2D eigenvalue weighted by Crippen LogP contribution is -1.90. The number of rotatable bonds is 1. The molecule has 0 aromatic carbocycles. The first-order chi connectivity index (χ1) is 4.34. The van der Waals surface area contributed by atoms with E-state index in [0.29, 0.717) is 0 Å². The number of aromatic nitrogens is 2. The van der Waals surface area contributed by atoms with Gasteiger partial charge >= 0.3 is 0 Å². The van der Waals surface area contributed by atoms with Gasteiger partial charge in [0.2, 0.25) is 0 Å². The lowest BCUT2D eigenvalue weighted by molar-refractivity contribution is 0.306. The van der Waals surface area contributed by atoms with E-state index in [9.17, 15) is 0 Å². The zero-order valence-corrected chi connectivity index (χ0v) is 4.35. The van der Waals surface area contributed by atoms with Gasteiger partial charge in [0.25, 0.3) is 0 Å². The van der Waals surface area contributed by atoms with Crippen LogP contribution in [-0.4, -0.2) is 21.7 Å². The predicted octanol–water partition coefficient (Wildman–Crippen LogP) is -0.540. The first-order valence-corrected chi connectivity index (χ1v) is 2.10. The van der Waals surface area contributed by atoms with Crippen molar-refractivity contribution in [2.45, 2.75) is 0 Å². The second-order valence-corrected chi connectivity index (χ2v) is 1.28. The predicted molar refractivity (Wildman–Crippen MR) is 28.1 cm³/mol. The summed E-state index contributed by atoms with van der Waals surface area (Å²) in [5, 5.41) is 17.1. The zero-order valence-electron chi connectivity index (χ0n) is 4.35. The summed E-state index contributed by atoms with van der Waals surface area (Å²) in [6.07, 6.45) is 1.03. The fraction of sp³-hybridized carbons (Fsp3) is 0. The molecular formula is C3H4N4O2. The maximum atomic E-state index is 7.97. The minimum Gasteiger partial charge on any atom is -0.411 e. The molecule has 0 aliphatic heterocycles. The van der Waals surface area contributed by atoms with Gasteiger partial charge in [0.1, 0.15) is 0 Å². The van der Waals surface area contributed by atoms with Gasteiger partial charge < -0.3 is 10.9 Å². The summed E-state index contributed by atoms with van der Waals surface area (Å²) >= 11 is 0. The third-order valence-corrected chi connectivity index (χ3v) is 0.721. The summed E-state index contributed by atoms with van der Waals surface area (Å²) < 4.78 is 4.17.